The lowest BCUT2D eigenvalue weighted by Crippen LogP contribution is -2.31. The molecular weight excluding hydrogens is 252 g/mol. The van der Waals surface area contributed by atoms with Crippen molar-refractivity contribution in [2.75, 3.05) is 26.5 Å². The zero-order valence-corrected chi connectivity index (χ0v) is 11.8. The van der Waals surface area contributed by atoms with Crippen molar-refractivity contribution in [3.8, 4) is 5.75 Å². The van der Waals surface area contributed by atoms with E-state index in [-0.39, 0.29) is 11.8 Å². The average Bonchev–Trinajstić information content (AvgIpc) is 2.34. The van der Waals surface area contributed by atoms with Crippen LogP contribution in [-0.2, 0) is 10.0 Å². The molecule has 0 aromatic heterocycles. The fourth-order valence-corrected chi connectivity index (χ4v) is 2.26. The van der Waals surface area contributed by atoms with Crippen LogP contribution in [0.4, 0.5) is 0 Å². The van der Waals surface area contributed by atoms with Crippen LogP contribution in [0.1, 0.15) is 18.5 Å². The maximum Gasteiger partial charge on any atom is 0.210 e. The van der Waals surface area contributed by atoms with Crippen LogP contribution in [0.25, 0.3) is 0 Å². The van der Waals surface area contributed by atoms with Crippen LogP contribution in [0.3, 0.4) is 0 Å². The average molecular weight is 272 g/mol. The molecule has 1 rings (SSSR count). The highest BCUT2D eigenvalue weighted by atomic mass is 32.2. The number of primary sulfonamides is 1. The number of hydrogen-bond donors (Lipinski definition) is 1. The molecule has 0 spiro atoms. The molecule has 0 bridgehead atoms. The van der Waals surface area contributed by atoms with E-state index in [1.54, 1.807) is 7.11 Å². The summed E-state index contributed by atoms with van der Waals surface area (Å²) in [7, 11) is 0.0608. The van der Waals surface area contributed by atoms with Crippen LogP contribution in [0.2, 0.25) is 0 Å². The first kappa shape index (κ1) is 14.9. The standard InChI is InChI=1S/C12H20N2O3S/c1-10(14(2)8-9-18(13,15)16)11-6-4-5-7-12(11)17-3/h4-7,10H,8-9H2,1-3H3,(H2,13,15,16)/t10-/m0/s1. The molecule has 1 aromatic carbocycles. The number of nitrogens with two attached hydrogens (primary N) is 1. The van der Waals surface area contributed by atoms with Crippen molar-refractivity contribution in [3.05, 3.63) is 29.8 Å². The largest absolute Gasteiger partial charge is 0.496 e. The number of rotatable bonds is 6. The van der Waals surface area contributed by atoms with Crippen molar-refractivity contribution in [2.24, 2.45) is 5.14 Å². The van der Waals surface area contributed by atoms with Gasteiger partial charge in [-0.2, -0.15) is 0 Å². The normalized spacial score (nSPS) is 13.6. The van der Waals surface area contributed by atoms with Crippen molar-refractivity contribution in [1.29, 1.82) is 0 Å². The molecule has 6 heteroatoms. The van der Waals surface area contributed by atoms with Gasteiger partial charge in [-0.1, -0.05) is 18.2 Å². The van der Waals surface area contributed by atoms with Crippen LogP contribution in [0.5, 0.6) is 5.75 Å². The Hall–Kier alpha value is -1.11. The molecule has 5 nitrogen and oxygen atoms in total. The second kappa shape index (κ2) is 6.17. The van der Waals surface area contributed by atoms with E-state index in [1.807, 2.05) is 43.1 Å². The highest BCUT2D eigenvalue weighted by Gasteiger charge is 2.16. The Bertz CT molecular complexity index is 488. The van der Waals surface area contributed by atoms with E-state index in [2.05, 4.69) is 0 Å². The summed E-state index contributed by atoms with van der Waals surface area (Å²) in [4.78, 5) is 1.93. The number of methoxy groups -OCH3 is 1. The Labute approximate surface area is 109 Å². The highest BCUT2D eigenvalue weighted by molar-refractivity contribution is 7.89. The van der Waals surface area contributed by atoms with Gasteiger partial charge in [0.25, 0.3) is 0 Å². The Morgan fingerprint density at radius 2 is 2.00 bits per heavy atom. The maximum absolute atomic E-state index is 10.9. The van der Waals surface area contributed by atoms with Gasteiger partial charge in [0.1, 0.15) is 5.75 Å². The number of para-hydroxylation sites is 1. The summed E-state index contributed by atoms with van der Waals surface area (Å²) in [6, 6.07) is 7.75. The van der Waals surface area contributed by atoms with Gasteiger partial charge in [-0.05, 0) is 20.0 Å². The quantitative estimate of drug-likeness (QED) is 0.837. The summed E-state index contributed by atoms with van der Waals surface area (Å²) >= 11 is 0. The van der Waals surface area contributed by atoms with Crippen LogP contribution in [-0.4, -0.2) is 39.8 Å². The monoisotopic (exact) mass is 272 g/mol. The van der Waals surface area contributed by atoms with Gasteiger partial charge >= 0.3 is 0 Å². The van der Waals surface area contributed by atoms with Gasteiger partial charge in [-0.3, -0.25) is 4.90 Å². The minimum absolute atomic E-state index is 0.0526. The van der Waals surface area contributed by atoms with Crippen molar-refractivity contribution in [2.45, 2.75) is 13.0 Å². The van der Waals surface area contributed by atoms with E-state index in [0.29, 0.717) is 6.54 Å². The van der Waals surface area contributed by atoms with Crippen LogP contribution in [0, 0.1) is 0 Å². The molecular formula is C12H20N2O3S. The van der Waals surface area contributed by atoms with Crippen molar-refractivity contribution in [3.63, 3.8) is 0 Å². The highest BCUT2D eigenvalue weighted by Crippen LogP contribution is 2.27. The Kier molecular flexibility index (Phi) is 5.13. The third-order valence-corrected chi connectivity index (χ3v) is 3.73. The molecule has 0 amide bonds. The first-order valence-corrected chi connectivity index (χ1v) is 7.40. The summed E-state index contributed by atoms with van der Waals surface area (Å²) in [5.74, 6) is 0.746. The van der Waals surface area contributed by atoms with Gasteiger partial charge in [-0.25, -0.2) is 13.6 Å². The molecule has 1 aromatic rings. The molecule has 18 heavy (non-hydrogen) atoms. The van der Waals surface area contributed by atoms with Gasteiger partial charge < -0.3 is 4.74 Å². The lowest BCUT2D eigenvalue weighted by Gasteiger charge is -2.25. The number of nitrogens with zero attached hydrogens (tertiary/aromatic N) is 1. The van der Waals surface area contributed by atoms with E-state index >= 15 is 0 Å². The van der Waals surface area contributed by atoms with E-state index in [9.17, 15) is 8.42 Å². The van der Waals surface area contributed by atoms with Crippen molar-refractivity contribution in [1.82, 2.24) is 4.90 Å². The molecule has 0 aliphatic heterocycles. The van der Waals surface area contributed by atoms with Gasteiger partial charge in [0.2, 0.25) is 10.0 Å². The van der Waals surface area contributed by atoms with Gasteiger partial charge in [-0.15, -0.1) is 0 Å². The molecule has 0 heterocycles. The second-order valence-electron chi connectivity index (χ2n) is 4.27. The summed E-state index contributed by atoms with van der Waals surface area (Å²) < 4.78 is 27.2. The smallest absolute Gasteiger partial charge is 0.210 e. The Balaban J connectivity index is 2.77. The summed E-state index contributed by atoms with van der Waals surface area (Å²) in [5.41, 5.74) is 1.02. The van der Waals surface area contributed by atoms with Crippen molar-refractivity contribution < 1.29 is 13.2 Å². The molecule has 102 valence electrons. The third-order valence-electron chi connectivity index (χ3n) is 2.98. The summed E-state index contributed by atoms with van der Waals surface area (Å²) in [6.45, 7) is 2.39. The van der Waals surface area contributed by atoms with E-state index in [1.165, 1.54) is 0 Å². The van der Waals surface area contributed by atoms with E-state index in [0.717, 1.165) is 11.3 Å². The SMILES string of the molecule is COc1ccccc1[C@H](C)N(C)CCS(N)(=O)=O. The number of sulfonamides is 1. The molecule has 0 aliphatic rings. The molecule has 2 N–H and O–H groups in total. The molecule has 1 atom stereocenters. The molecule has 0 fully saturated rings. The first-order chi connectivity index (χ1) is 8.35. The van der Waals surface area contributed by atoms with Crippen LogP contribution < -0.4 is 9.88 Å². The van der Waals surface area contributed by atoms with E-state index < -0.39 is 10.0 Å². The molecule has 0 saturated heterocycles. The van der Waals surface area contributed by atoms with Crippen LogP contribution >= 0.6 is 0 Å². The molecule has 0 radical (unpaired) electrons. The lowest BCUT2D eigenvalue weighted by atomic mass is 10.1. The third kappa shape index (κ3) is 4.29. The first-order valence-electron chi connectivity index (χ1n) is 5.69. The fraction of sp³-hybridized carbons (Fsp3) is 0.500. The molecule has 0 unspecified atom stereocenters. The summed E-state index contributed by atoms with van der Waals surface area (Å²) in [5, 5.41) is 5.00. The lowest BCUT2D eigenvalue weighted by molar-refractivity contribution is 0.269. The van der Waals surface area contributed by atoms with E-state index in [4.69, 9.17) is 9.88 Å². The minimum atomic E-state index is -3.42. The zero-order chi connectivity index (χ0) is 13.8. The van der Waals surface area contributed by atoms with Gasteiger partial charge in [0.15, 0.2) is 0 Å². The second-order valence-corrected chi connectivity index (χ2v) is 6.00. The predicted octanol–water partition coefficient (Wildman–Crippen LogP) is 0.977. The topological polar surface area (TPSA) is 72.6 Å². The number of benzene rings is 1. The Morgan fingerprint density at radius 1 is 1.39 bits per heavy atom. The van der Waals surface area contributed by atoms with Crippen LogP contribution in [0.15, 0.2) is 24.3 Å². The van der Waals surface area contributed by atoms with Crippen molar-refractivity contribution >= 4 is 10.0 Å². The fourth-order valence-electron chi connectivity index (χ4n) is 1.71. The van der Waals surface area contributed by atoms with Gasteiger partial charge in [0, 0.05) is 18.2 Å². The Morgan fingerprint density at radius 3 is 2.56 bits per heavy atom. The number of hydrogen-bond acceptors (Lipinski definition) is 4. The maximum atomic E-state index is 10.9. The molecule has 0 aliphatic carbocycles. The van der Waals surface area contributed by atoms with Gasteiger partial charge in [0.05, 0.1) is 12.9 Å². The summed E-state index contributed by atoms with van der Waals surface area (Å²) in [6.07, 6.45) is 0. The predicted molar refractivity (Wildman–Crippen MR) is 72.0 cm³/mol. The zero-order valence-electron chi connectivity index (χ0n) is 11.0. The number of ether oxygens (including phenoxy) is 1. The minimum Gasteiger partial charge on any atom is -0.496 e. The molecule has 0 saturated carbocycles.